The standard InChI is InChI=1S/C21H19F7N2O/c22-15-3-1-12(2-4-15)19(31)30-17-7-5-16(6-8-17)29-18-10-13(20(23,24)25)9-14(11-18)21(26,27)28/h1-4,9-11,16-17,29H,5-8H2,(H,30,31). The zero-order valence-corrected chi connectivity index (χ0v) is 16.1. The number of amides is 1. The quantitative estimate of drug-likeness (QED) is 0.562. The van der Waals surface area contributed by atoms with Crippen molar-refractivity contribution in [3.63, 3.8) is 0 Å². The zero-order chi connectivity index (χ0) is 22.8. The number of nitrogens with one attached hydrogen (secondary N) is 2. The fourth-order valence-corrected chi connectivity index (χ4v) is 3.53. The molecule has 0 aliphatic heterocycles. The van der Waals surface area contributed by atoms with Crippen molar-refractivity contribution >= 4 is 11.6 Å². The van der Waals surface area contributed by atoms with Gasteiger partial charge in [0.2, 0.25) is 0 Å². The number of alkyl halides is 6. The van der Waals surface area contributed by atoms with E-state index in [9.17, 15) is 35.5 Å². The van der Waals surface area contributed by atoms with Gasteiger partial charge >= 0.3 is 12.4 Å². The number of carbonyl (C=O) groups excluding carboxylic acids is 1. The molecule has 0 aromatic heterocycles. The molecule has 0 heterocycles. The molecule has 0 bridgehead atoms. The molecule has 2 aromatic rings. The molecule has 0 unspecified atom stereocenters. The maximum atomic E-state index is 13.0. The van der Waals surface area contributed by atoms with Crippen LogP contribution in [0.3, 0.4) is 0 Å². The van der Waals surface area contributed by atoms with Gasteiger partial charge in [0, 0.05) is 23.3 Å². The maximum Gasteiger partial charge on any atom is 0.416 e. The third-order valence-corrected chi connectivity index (χ3v) is 5.13. The summed E-state index contributed by atoms with van der Waals surface area (Å²) in [5.74, 6) is -0.837. The van der Waals surface area contributed by atoms with E-state index in [-0.39, 0.29) is 29.7 Å². The number of halogens is 7. The average molecular weight is 448 g/mol. The van der Waals surface area contributed by atoms with Crippen LogP contribution in [0.1, 0.15) is 47.2 Å². The van der Waals surface area contributed by atoms with Crippen molar-refractivity contribution in [3.05, 3.63) is 65.0 Å². The van der Waals surface area contributed by atoms with E-state index in [0.717, 1.165) is 0 Å². The molecule has 168 valence electrons. The van der Waals surface area contributed by atoms with Gasteiger partial charge in [0.25, 0.3) is 5.91 Å². The molecule has 0 radical (unpaired) electrons. The lowest BCUT2D eigenvalue weighted by Gasteiger charge is -2.30. The normalized spacial score (nSPS) is 19.7. The molecular formula is C21H19F7N2O. The molecule has 3 rings (SSSR count). The Kier molecular flexibility index (Phi) is 6.47. The molecule has 1 aliphatic carbocycles. The predicted molar refractivity (Wildman–Crippen MR) is 100.0 cm³/mol. The largest absolute Gasteiger partial charge is 0.416 e. The van der Waals surface area contributed by atoms with E-state index >= 15 is 0 Å². The van der Waals surface area contributed by atoms with Crippen molar-refractivity contribution in [1.29, 1.82) is 0 Å². The highest BCUT2D eigenvalue weighted by molar-refractivity contribution is 5.94. The number of hydrogen-bond acceptors (Lipinski definition) is 2. The second-order valence-electron chi connectivity index (χ2n) is 7.47. The van der Waals surface area contributed by atoms with Gasteiger partial charge < -0.3 is 10.6 Å². The van der Waals surface area contributed by atoms with Crippen molar-refractivity contribution in [1.82, 2.24) is 5.32 Å². The lowest BCUT2D eigenvalue weighted by molar-refractivity contribution is -0.143. The molecule has 1 aliphatic rings. The van der Waals surface area contributed by atoms with Gasteiger partial charge in [-0.05, 0) is 68.1 Å². The fourth-order valence-electron chi connectivity index (χ4n) is 3.53. The van der Waals surface area contributed by atoms with E-state index < -0.39 is 29.3 Å². The molecule has 1 amide bonds. The smallest absolute Gasteiger partial charge is 0.382 e. The Balaban J connectivity index is 1.61. The Morgan fingerprint density at radius 3 is 1.74 bits per heavy atom. The van der Waals surface area contributed by atoms with Gasteiger partial charge in [0.05, 0.1) is 11.1 Å². The van der Waals surface area contributed by atoms with Crippen LogP contribution in [0, 0.1) is 5.82 Å². The Labute approximate surface area is 173 Å². The third kappa shape index (κ3) is 6.11. The van der Waals surface area contributed by atoms with Gasteiger partial charge in [-0.2, -0.15) is 26.3 Å². The summed E-state index contributed by atoms with van der Waals surface area (Å²) in [6, 6.07) is 5.93. The number of rotatable bonds is 4. The SMILES string of the molecule is O=C(NC1CCC(Nc2cc(C(F)(F)F)cc(C(F)(F)F)c2)CC1)c1ccc(F)cc1. The maximum absolute atomic E-state index is 13.0. The summed E-state index contributed by atoms with van der Waals surface area (Å²) in [5, 5.41) is 5.57. The summed E-state index contributed by atoms with van der Waals surface area (Å²) < 4.78 is 90.9. The van der Waals surface area contributed by atoms with Gasteiger partial charge in [-0.25, -0.2) is 4.39 Å². The molecule has 0 atom stereocenters. The molecule has 1 saturated carbocycles. The van der Waals surface area contributed by atoms with E-state index in [2.05, 4.69) is 10.6 Å². The Morgan fingerprint density at radius 2 is 1.26 bits per heavy atom. The molecule has 10 heteroatoms. The summed E-state index contributed by atoms with van der Waals surface area (Å²) in [7, 11) is 0. The van der Waals surface area contributed by atoms with Gasteiger partial charge in [-0.1, -0.05) is 0 Å². The van der Waals surface area contributed by atoms with Gasteiger partial charge in [-0.15, -0.1) is 0 Å². The van der Waals surface area contributed by atoms with Crippen LogP contribution in [-0.2, 0) is 12.4 Å². The van der Waals surface area contributed by atoms with Gasteiger partial charge in [-0.3, -0.25) is 4.79 Å². The summed E-state index contributed by atoms with van der Waals surface area (Å²) in [5.41, 5.74) is -2.69. The first kappa shape index (κ1) is 22.9. The molecule has 0 spiro atoms. The van der Waals surface area contributed by atoms with Gasteiger partial charge in [0.15, 0.2) is 0 Å². The molecule has 2 N–H and O–H groups in total. The minimum atomic E-state index is -4.90. The summed E-state index contributed by atoms with van der Waals surface area (Å²) >= 11 is 0. The molecular weight excluding hydrogens is 429 g/mol. The van der Waals surface area contributed by atoms with Crippen LogP contribution in [0.5, 0.6) is 0 Å². The Morgan fingerprint density at radius 1 is 0.774 bits per heavy atom. The van der Waals surface area contributed by atoms with Crippen molar-refractivity contribution in [2.45, 2.75) is 50.1 Å². The second kappa shape index (κ2) is 8.76. The fraction of sp³-hybridized carbons (Fsp3) is 0.381. The zero-order valence-electron chi connectivity index (χ0n) is 16.1. The highest BCUT2D eigenvalue weighted by Crippen LogP contribution is 2.38. The van der Waals surface area contributed by atoms with E-state index in [0.29, 0.717) is 43.4 Å². The molecule has 2 aromatic carbocycles. The van der Waals surface area contributed by atoms with Crippen LogP contribution in [0.15, 0.2) is 42.5 Å². The number of anilines is 1. The highest BCUT2D eigenvalue weighted by atomic mass is 19.4. The highest BCUT2D eigenvalue weighted by Gasteiger charge is 2.37. The van der Waals surface area contributed by atoms with Crippen LogP contribution in [0.4, 0.5) is 36.4 Å². The molecule has 1 fully saturated rings. The van der Waals surface area contributed by atoms with Crippen LogP contribution in [0.25, 0.3) is 0 Å². The van der Waals surface area contributed by atoms with Crippen molar-refractivity contribution in [2.75, 3.05) is 5.32 Å². The van der Waals surface area contributed by atoms with Crippen molar-refractivity contribution in [2.24, 2.45) is 0 Å². The van der Waals surface area contributed by atoms with Crippen molar-refractivity contribution < 1.29 is 35.5 Å². The minimum absolute atomic E-state index is 0.0903. The Hall–Kier alpha value is -2.78. The van der Waals surface area contributed by atoms with Crippen LogP contribution in [-0.4, -0.2) is 18.0 Å². The van der Waals surface area contributed by atoms with E-state index in [1.54, 1.807) is 0 Å². The molecule has 0 saturated heterocycles. The van der Waals surface area contributed by atoms with Crippen molar-refractivity contribution in [3.8, 4) is 0 Å². The average Bonchev–Trinajstić information content (AvgIpc) is 2.68. The minimum Gasteiger partial charge on any atom is -0.382 e. The predicted octanol–water partition coefficient (Wildman–Crippen LogP) is 6.02. The number of hydrogen-bond donors (Lipinski definition) is 2. The molecule has 3 nitrogen and oxygen atoms in total. The van der Waals surface area contributed by atoms with E-state index in [1.807, 2.05) is 0 Å². The summed E-state index contributed by atoms with van der Waals surface area (Å²) in [6.07, 6.45) is -7.91. The summed E-state index contributed by atoms with van der Waals surface area (Å²) in [4.78, 5) is 12.2. The Bertz CT molecular complexity index is 883. The first-order chi connectivity index (χ1) is 14.4. The first-order valence-corrected chi connectivity index (χ1v) is 9.54. The summed E-state index contributed by atoms with van der Waals surface area (Å²) in [6.45, 7) is 0. The molecule has 31 heavy (non-hydrogen) atoms. The lowest BCUT2D eigenvalue weighted by atomic mass is 9.90. The van der Waals surface area contributed by atoms with Crippen LogP contribution in [0.2, 0.25) is 0 Å². The van der Waals surface area contributed by atoms with Crippen LogP contribution < -0.4 is 10.6 Å². The topological polar surface area (TPSA) is 41.1 Å². The second-order valence-corrected chi connectivity index (χ2v) is 7.47. The first-order valence-electron chi connectivity index (χ1n) is 9.54. The third-order valence-electron chi connectivity index (χ3n) is 5.13. The number of carbonyl (C=O) groups is 1. The lowest BCUT2D eigenvalue weighted by Crippen LogP contribution is -2.40. The van der Waals surface area contributed by atoms with E-state index in [1.165, 1.54) is 24.3 Å². The van der Waals surface area contributed by atoms with Crippen LogP contribution >= 0.6 is 0 Å². The van der Waals surface area contributed by atoms with E-state index in [4.69, 9.17) is 0 Å². The van der Waals surface area contributed by atoms with Gasteiger partial charge in [0.1, 0.15) is 5.82 Å². The number of benzene rings is 2. The monoisotopic (exact) mass is 448 g/mol.